The van der Waals surface area contributed by atoms with Crippen molar-refractivity contribution in [2.45, 2.75) is 0 Å². The van der Waals surface area contributed by atoms with Gasteiger partial charge in [-0.25, -0.2) is 9.59 Å². The lowest BCUT2D eigenvalue weighted by atomic mass is 10.2. The van der Waals surface area contributed by atoms with Crippen LogP contribution in [0.3, 0.4) is 0 Å². The highest BCUT2D eigenvalue weighted by molar-refractivity contribution is 5.93. The van der Waals surface area contributed by atoms with Crippen molar-refractivity contribution in [3.8, 4) is 0 Å². The first kappa shape index (κ1) is 15.3. The molecule has 0 radical (unpaired) electrons. The van der Waals surface area contributed by atoms with E-state index in [2.05, 4.69) is 5.32 Å². The molecule has 0 unspecified atom stereocenters. The van der Waals surface area contributed by atoms with Gasteiger partial charge in [-0.3, -0.25) is 0 Å². The number of nitrogens with one attached hydrogen (secondary N) is 1. The van der Waals surface area contributed by atoms with Crippen LogP contribution in [0, 0.1) is 0 Å². The fourth-order valence-corrected chi connectivity index (χ4v) is 1.82. The van der Waals surface area contributed by atoms with Gasteiger partial charge in [-0.15, -0.1) is 0 Å². The molecule has 0 saturated carbocycles. The van der Waals surface area contributed by atoms with E-state index in [1.807, 2.05) is 36.4 Å². The summed E-state index contributed by atoms with van der Waals surface area (Å²) in [4.78, 5) is 22.7. The zero-order valence-electron chi connectivity index (χ0n) is 11.9. The lowest BCUT2D eigenvalue weighted by Gasteiger charge is -2.05. The number of anilines is 1. The Morgan fingerprint density at radius 2 is 1.86 bits per heavy atom. The molecule has 3 N–H and O–H groups in total. The lowest BCUT2D eigenvalue weighted by Crippen LogP contribution is -2.19. The van der Waals surface area contributed by atoms with Crippen molar-refractivity contribution in [3.63, 3.8) is 0 Å². The van der Waals surface area contributed by atoms with Crippen molar-refractivity contribution in [1.82, 2.24) is 0 Å². The summed E-state index contributed by atoms with van der Waals surface area (Å²) in [5, 5.41) is 2.41. The second kappa shape index (κ2) is 7.64. The molecule has 0 saturated heterocycles. The molecular weight excluding hydrogens is 280 g/mol. The molecule has 2 amide bonds. The normalized spacial score (nSPS) is 10.4. The summed E-state index contributed by atoms with van der Waals surface area (Å²) in [5.41, 5.74) is 6.86. The van der Waals surface area contributed by atoms with Crippen LogP contribution >= 0.6 is 0 Å². The van der Waals surface area contributed by atoms with Crippen molar-refractivity contribution in [2.75, 3.05) is 11.9 Å². The van der Waals surface area contributed by atoms with Crippen LogP contribution in [0.15, 0.2) is 60.7 Å². The van der Waals surface area contributed by atoms with Crippen LogP contribution in [0.4, 0.5) is 10.5 Å². The summed E-state index contributed by atoms with van der Waals surface area (Å²) in [6, 6.07) is 15.4. The number of nitrogens with two attached hydrogens (primary N) is 1. The number of hydrogen-bond acceptors (Lipinski definition) is 3. The molecule has 2 aromatic rings. The molecule has 2 aromatic carbocycles. The highest BCUT2D eigenvalue weighted by Crippen LogP contribution is 2.11. The van der Waals surface area contributed by atoms with Crippen molar-refractivity contribution in [3.05, 3.63) is 71.8 Å². The van der Waals surface area contributed by atoms with Gasteiger partial charge in [0.05, 0.1) is 5.56 Å². The number of primary amides is 1. The summed E-state index contributed by atoms with van der Waals surface area (Å²) in [7, 11) is 0. The van der Waals surface area contributed by atoms with Crippen LogP contribution in [0.25, 0.3) is 6.08 Å². The second-order valence-corrected chi connectivity index (χ2v) is 4.48. The van der Waals surface area contributed by atoms with E-state index in [-0.39, 0.29) is 6.61 Å². The Morgan fingerprint density at radius 1 is 1.09 bits per heavy atom. The zero-order valence-corrected chi connectivity index (χ0v) is 11.9. The summed E-state index contributed by atoms with van der Waals surface area (Å²) >= 11 is 0. The maximum absolute atomic E-state index is 11.9. The topological polar surface area (TPSA) is 81.4 Å². The number of hydrogen-bond donors (Lipinski definition) is 2. The number of benzene rings is 2. The maximum Gasteiger partial charge on any atom is 0.338 e. The molecule has 112 valence electrons. The Labute approximate surface area is 128 Å². The third-order valence-corrected chi connectivity index (χ3v) is 2.79. The van der Waals surface area contributed by atoms with Gasteiger partial charge in [0, 0.05) is 5.69 Å². The highest BCUT2D eigenvalue weighted by Gasteiger charge is 2.07. The van der Waals surface area contributed by atoms with Gasteiger partial charge in [0.1, 0.15) is 6.61 Å². The van der Waals surface area contributed by atoms with Gasteiger partial charge >= 0.3 is 12.0 Å². The Balaban J connectivity index is 1.89. The minimum atomic E-state index is -0.684. The second-order valence-electron chi connectivity index (χ2n) is 4.48. The Kier molecular flexibility index (Phi) is 5.31. The molecule has 0 spiro atoms. The van der Waals surface area contributed by atoms with Crippen LogP contribution < -0.4 is 11.1 Å². The fourth-order valence-electron chi connectivity index (χ4n) is 1.82. The summed E-state index contributed by atoms with van der Waals surface area (Å²) in [6.07, 6.45) is 3.64. The smallest absolute Gasteiger partial charge is 0.338 e. The molecule has 0 aromatic heterocycles. The van der Waals surface area contributed by atoms with Crippen LogP contribution in [-0.4, -0.2) is 18.6 Å². The maximum atomic E-state index is 11.9. The average molecular weight is 296 g/mol. The third-order valence-electron chi connectivity index (χ3n) is 2.79. The number of carbonyl (C=O) groups excluding carboxylic acids is 2. The summed E-state index contributed by atoms with van der Waals surface area (Å²) in [5.74, 6) is -0.467. The Hall–Kier alpha value is -3.08. The molecule has 0 aliphatic heterocycles. The highest BCUT2D eigenvalue weighted by atomic mass is 16.5. The van der Waals surface area contributed by atoms with Gasteiger partial charge in [0.2, 0.25) is 0 Å². The minimum absolute atomic E-state index is 0.168. The number of rotatable bonds is 5. The molecule has 0 aliphatic carbocycles. The Bertz CT molecular complexity index is 681. The molecular formula is C17H16N2O3. The van der Waals surface area contributed by atoms with Gasteiger partial charge in [-0.2, -0.15) is 0 Å². The zero-order chi connectivity index (χ0) is 15.8. The van der Waals surface area contributed by atoms with Crippen molar-refractivity contribution in [2.24, 2.45) is 5.73 Å². The van der Waals surface area contributed by atoms with Gasteiger partial charge in [0.15, 0.2) is 0 Å². The van der Waals surface area contributed by atoms with E-state index in [4.69, 9.17) is 10.5 Å². The predicted molar refractivity (Wildman–Crippen MR) is 85.4 cm³/mol. The van der Waals surface area contributed by atoms with Crippen LogP contribution in [-0.2, 0) is 4.74 Å². The molecule has 22 heavy (non-hydrogen) atoms. The first-order chi connectivity index (χ1) is 10.6. The fraction of sp³-hybridized carbons (Fsp3) is 0.0588. The largest absolute Gasteiger partial charge is 0.458 e. The average Bonchev–Trinajstić information content (AvgIpc) is 2.52. The van der Waals surface area contributed by atoms with E-state index in [9.17, 15) is 9.59 Å². The number of ether oxygens (including phenoxy) is 1. The molecule has 0 atom stereocenters. The van der Waals surface area contributed by atoms with E-state index in [1.54, 1.807) is 24.3 Å². The molecule has 0 heterocycles. The molecule has 0 bridgehead atoms. The van der Waals surface area contributed by atoms with E-state index < -0.39 is 12.0 Å². The van der Waals surface area contributed by atoms with Gasteiger partial charge in [0.25, 0.3) is 0 Å². The lowest BCUT2D eigenvalue weighted by molar-refractivity contribution is 0.0550. The molecule has 5 nitrogen and oxygen atoms in total. The van der Waals surface area contributed by atoms with E-state index in [0.717, 1.165) is 5.56 Å². The third kappa shape index (κ3) is 4.79. The first-order valence-electron chi connectivity index (χ1n) is 6.70. The van der Waals surface area contributed by atoms with E-state index >= 15 is 0 Å². The van der Waals surface area contributed by atoms with Crippen molar-refractivity contribution >= 4 is 23.8 Å². The van der Waals surface area contributed by atoms with Gasteiger partial charge in [-0.05, 0) is 29.8 Å². The summed E-state index contributed by atoms with van der Waals surface area (Å²) in [6.45, 7) is 0.168. The van der Waals surface area contributed by atoms with E-state index in [0.29, 0.717) is 11.3 Å². The first-order valence-corrected chi connectivity index (χ1v) is 6.70. The monoisotopic (exact) mass is 296 g/mol. The summed E-state index contributed by atoms with van der Waals surface area (Å²) < 4.78 is 5.14. The predicted octanol–water partition coefficient (Wildman–Crippen LogP) is 3.05. The van der Waals surface area contributed by atoms with Gasteiger partial charge < -0.3 is 15.8 Å². The Morgan fingerprint density at radius 3 is 2.59 bits per heavy atom. The van der Waals surface area contributed by atoms with Crippen LogP contribution in [0.5, 0.6) is 0 Å². The number of urea groups is 1. The quantitative estimate of drug-likeness (QED) is 0.832. The molecule has 0 fully saturated rings. The van der Waals surface area contributed by atoms with E-state index in [1.165, 1.54) is 6.07 Å². The van der Waals surface area contributed by atoms with Crippen LogP contribution in [0.1, 0.15) is 15.9 Å². The van der Waals surface area contributed by atoms with Gasteiger partial charge in [-0.1, -0.05) is 42.5 Å². The van der Waals surface area contributed by atoms with Crippen LogP contribution in [0.2, 0.25) is 0 Å². The van der Waals surface area contributed by atoms with Crippen molar-refractivity contribution in [1.29, 1.82) is 0 Å². The van der Waals surface area contributed by atoms with Crippen molar-refractivity contribution < 1.29 is 14.3 Å². The standard InChI is InChI=1S/C17H16N2O3/c18-17(21)19-15-10-4-9-14(12-15)16(20)22-11-5-8-13-6-2-1-3-7-13/h1-10,12H,11H2,(H3,18,19,21)/b8-5-. The minimum Gasteiger partial charge on any atom is -0.458 e. The molecule has 0 aliphatic rings. The number of carbonyl (C=O) groups is 2. The number of esters is 1. The molecule has 2 rings (SSSR count). The SMILES string of the molecule is NC(=O)Nc1cccc(C(=O)OC/C=C\c2ccccc2)c1. The molecule has 5 heteroatoms. The number of amides is 2.